The lowest BCUT2D eigenvalue weighted by atomic mass is 9.75. The Morgan fingerprint density at radius 1 is 1.06 bits per heavy atom. The number of carbonyl (C=O) groups is 1. The van der Waals surface area contributed by atoms with Crippen LogP contribution in [0.15, 0.2) is 48.5 Å². The first-order valence-corrected chi connectivity index (χ1v) is 12.1. The number of rotatable bonds is 10. The molecular formula is C28H36N2O3. The summed E-state index contributed by atoms with van der Waals surface area (Å²) in [4.78, 5) is 14.7. The second kappa shape index (κ2) is 9.50. The minimum Gasteiger partial charge on any atom is -0.493 e. The molecule has 2 aromatic rings. The summed E-state index contributed by atoms with van der Waals surface area (Å²) in [5.41, 5.74) is 2.48. The van der Waals surface area contributed by atoms with Crippen molar-refractivity contribution in [3.05, 3.63) is 59.7 Å². The monoisotopic (exact) mass is 448 g/mol. The molecule has 2 heterocycles. The van der Waals surface area contributed by atoms with E-state index in [0.29, 0.717) is 13.2 Å². The van der Waals surface area contributed by atoms with Gasteiger partial charge < -0.3 is 19.7 Å². The highest BCUT2D eigenvalue weighted by molar-refractivity contribution is 5.91. The van der Waals surface area contributed by atoms with E-state index in [1.165, 1.54) is 31.2 Å². The molecule has 5 heteroatoms. The van der Waals surface area contributed by atoms with Crippen molar-refractivity contribution in [2.45, 2.75) is 64.0 Å². The maximum absolute atomic E-state index is 12.5. The maximum atomic E-state index is 12.5. The first-order valence-electron chi connectivity index (χ1n) is 12.1. The number of unbranched alkanes of at least 4 members (excludes halogenated alkanes) is 4. The summed E-state index contributed by atoms with van der Waals surface area (Å²) >= 11 is 0. The number of ether oxygens (including phenoxy) is 2. The molecule has 0 aliphatic carbocycles. The fraction of sp³-hybridized carbons (Fsp3) is 0.464. The number of benzene rings is 2. The van der Waals surface area contributed by atoms with Gasteiger partial charge in [0.25, 0.3) is 0 Å². The van der Waals surface area contributed by atoms with Gasteiger partial charge >= 0.3 is 0 Å². The van der Waals surface area contributed by atoms with Gasteiger partial charge in [-0.05, 0) is 41.8 Å². The molecule has 4 rings (SSSR count). The van der Waals surface area contributed by atoms with Gasteiger partial charge in [-0.1, -0.05) is 76.8 Å². The Morgan fingerprint density at radius 2 is 1.85 bits per heavy atom. The highest BCUT2D eigenvalue weighted by atomic mass is 16.5. The van der Waals surface area contributed by atoms with Crippen molar-refractivity contribution in [2.75, 3.05) is 25.2 Å². The summed E-state index contributed by atoms with van der Waals surface area (Å²) in [5.74, 6) is 1.54. The van der Waals surface area contributed by atoms with Crippen LogP contribution in [0.2, 0.25) is 0 Å². The molecule has 0 spiro atoms. The molecule has 1 fully saturated rings. The Kier molecular flexibility index (Phi) is 6.68. The highest BCUT2D eigenvalue weighted by Gasteiger charge is 2.59. The molecule has 0 radical (unpaired) electrons. The van der Waals surface area contributed by atoms with E-state index in [-0.39, 0.29) is 11.3 Å². The van der Waals surface area contributed by atoms with Crippen LogP contribution in [0, 0.1) is 0 Å². The van der Waals surface area contributed by atoms with Crippen LogP contribution in [0.5, 0.6) is 11.5 Å². The van der Waals surface area contributed by atoms with Gasteiger partial charge in [-0.15, -0.1) is 0 Å². The summed E-state index contributed by atoms with van der Waals surface area (Å²) in [7, 11) is 1.67. The zero-order valence-electron chi connectivity index (χ0n) is 20.3. The molecule has 2 aromatic carbocycles. The van der Waals surface area contributed by atoms with Crippen LogP contribution in [0.1, 0.15) is 64.0 Å². The van der Waals surface area contributed by atoms with E-state index in [0.717, 1.165) is 29.2 Å². The number of amides is 1. The largest absolute Gasteiger partial charge is 0.493 e. The quantitative estimate of drug-likeness (QED) is 0.475. The van der Waals surface area contributed by atoms with Crippen LogP contribution in [0.25, 0.3) is 6.08 Å². The third-order valence-corrected chi connectivity index (χ3v) is 7.09. The lowest BCUT2D eigenvalue weighted by Gasteiger charge is -2.40. The van der Waals surface area contributed by atoms with E-state index in [1.54, 1.807) is 7.11 Å². The molecule has 1 amide bonds. The number of nitrogens with one attached hydrogen (secondary N) is 1. The average Bonchev–Trinajstić information content (AvgIpc) is 3.25. The van der Waals surface area contributed by atoms with Crippen LogP contribution >= 0.6 is 0 Å². The predicted octanol–water partition coefficient (Wildman–Crippen LogP) is 5.68. The van der Waals surface area contributed by atoms with E-state index in [9.17, 15) is 4.79 Å². The first kappa shape index (κ1) is 23.2. The standard InChI is InChI=1S/C28H36N2O3/c1-5-6-7-8-11-18-33-24-15-14-21(19-25(24)32-4)16-17-28-27(2,3)22-12-9-10-13-23(22)30(28)20-26(31)29-28/h9-10,12-17,19H,5-8,11,18,20H2,1-4H3,(H,29,31)/t28-/m0/s1. The van der Waals surface area contributed by atoms with Crippen molar-refractivity contribution in [2.24, 2.45) is 0 Å². The molecule has 1 saturated heterocycles. The number of para-hydroxylation sites is 1. The van der Waals surface area contributed by atoms with Crippen molar-refractivity contribution in [1.29, 1.82) is 0 Å². The second-order valence-electron chi connectivity index (χ2n) is 9.55. The Bertz CT molecular complexity index is 1030. The van der Waals surface area contributed by atoms with Gasteiger partial charge in [0, 0.05) is 11.1 Å². The number of fused-ring (bicyclic) bond motifs is 3. The summed E-state index contributed by atoms with van der Waals surface area (Å²) in [5, 5.41) is 3.27. The maximum Gasteiger partial charge on any atom is 0.241 e. The van der Waals surface area contributed by atoms with E-state index in [4.69, 9.17) is 9.47 Å². The number of hydrogen-bond acceptors (Lipinski definition) is 4. The first-order chi connectivity index (χ1) is 15.9. The fourth-order valence-corrected chi connectivity index (χ4v) is 5.15. The Balaban J connectivity index is 1.53. The van der Waals surface area contributed by atoms with Gasteiger partial charge in [0.1, 0.15) is 5.66 Å². The van der Waals surface area contributed by atoms with Crippen molar-refractivity contribution in [1.82, 2.24) is 5.32 Å². The Morgan fingerprint density at radius 3 is 2.64 bits per heavy atom. The van der Waals surface area contributed by atoms with Gasteiger partial charge in [0.05, 0.1) is 20.3 Å². The zero-order valence-corrected chi connectivity index (χ0v) is 20.3. The highest BCUT2D eigenvalue weighted by Crippen LogP contribution is 2.52. The van der Waals surface area contributed by atoms with Crippen LogP contribution in [-0.2, 0) is 10.2 Å². The third-order valence-electron chi connectivity index (χ3n) is 7.09. The molecule has 5 nitrogen and oxygen atoms in total. The topological polar surface area (TPSA) is 50.8 Å². The Hall–Kier alpha value is -2.95. The SMILES string of the molecule is CCCCCCCOc1ccc(C=C[C@]23NC(=O)CN2c2ccccc2C3(C)C)cc1OC. The molecule has 2 aliphatic heterocycles. The molecule has 0 unspecified atom stereocenters. The molecule has 1 atom stereocenters. The minimum atomic E-state index is -0.603. The fourth-order valence-electron chi connectivity index (χ4n) is 5.15. The van der Waals surface area contributed by atoms with Gasteiger partial charge in [0.2, 0.25) is 5.91 Å². The summed E-state index contributed by atoms with van der Waals surface area (Å²) in [6.45, 7) is 7.67. The number of carbonyl (C=O) groups excluding carboxylic acids is 1. The van der Waals surface area contributed by atoms with E-state index >= 15 is 0 Å². The lowest BCUT2D eigenvalue weighted by Crippen LogP contribution is -2.58. The van der Waals surface area contributed by atoms with Gasteiger partial charge in [-0.3, -0.25) is 4.79 Å². The van der Waals surface area contributed by atoms with Gasteiger partial charge in [-0.25, -0.2) is 0 Å². The summed E-state index contributed by atoms with van der Waals surface area (Å²) in [6.07, 6.45) is 10.2. The number of methoxy groups -OCH3 is 1. The van der Waals surface area contributed by atoms with Crippen molar-refractivity contribution < 1.29 is 14.3 Å². The number of hydrogen-bond donors (Lipinski definition) is 1. The molecular weight excluding hydrogens is 412 g/mol. The summed E-state index contributed by atoms with van der Waals surface area (Å²) in [6, 6.07) is 14.4. The normalized spacial score (nSPS) is 20.6. The average molecular weight is 449 g/mol. The lowest BCUT2D eigenvalue weighted by molar-refractivity contribution is -0.118. The second-order valence-corrected chi connectivity index (χ2v) is 9.55. The van der Waals surface area contributed by atoms with Crippen LogP contribution < -0.4 is 19.7 Å². The predicted molar refractivity (Wildman–Crippen MR) is 134 cm³/mol. The molecule has 0 bridgehead atoms. The van der Waals surface area contributed by atoms with Crippen molar-refractivity contribution in [3.63, 3.8) is 0 Å². The molecule has 0 aromatic heterocycles. The van der Waals surface area contributed by atoms with Crippen molar-refractivity contribution in [3.8, 4) is 11.5 Å². The zero-order chi connectivity index (χ0) is 23.5. The van der Waals surface area contributed by atoms with Gasteiger partial charge in [-0.2, -0.15) is 0 Å². The minimum absolute atomic E-state index is 0.0440. The molecule has 1 N–H and O–H groups in total. The smallest absolute Gasteiger partial charge is 0.241 e. The van der Waals surface area contributed by atoms with E-state index in [1.807, 2.05) is 24.3 Å². The molecule has 2 aliphatic rings. The molecule has 176 valence electrons. The van der Waals surface area contributed by atoms with E-state index in [2.05, 4.69) is 61.3 Å². The molecule has 33 heavy (non-hydrogen) atoms. The van der Waals surface area contributed by atoms with Crippen LogP contribution in [0.3, 0.4) is 0 Å². The Labute approximate surface area is 197 Å². The van der Waals surface area contributed by atoms with Crippen LogP contribution in [0.4, 0.5) is 5.69 Å². The number of anilines is 1. The summed E-state index contributed by atoms with van der Waals surface area (Å²) < 4.78 is 11.6. The number of nitrogens with zero attached hydrogens (tertiary/aromatic N) is 1. The van der Waals surface area contributed by atoms with Crippen LogP contribution in [-0.4, -0.2) is 31.8 Å². The van der Waals surface area contributed by atoms with Gasteiger partial charge in [0.15, 0.2) is 11.5 Å². The van der Waals surface area contributed by atoms with Crippen molar-refractivity contribution >= 4 is 17.7 Å². The molecule has 0 saturated carbocycles. The van der Waals surface area contributed by atoms with E-state index < -0.39 is 5.66 Å². The third kappa shape index (κ3) is 4.21.